The Hall–Kier alpha value is -2.45. The Kier molecular flexibility index (Phi) is 8.22. The molecule has 1 aliphatic rings. The van der Waals surface area contributed by atoms with Gasteiger partial charge in [-0.15, -0.1) is 0 Å². The first-order chi connectivity index (χ1) is 13.0. The Morgan fingerprint density at radius 2 is 1.93 bits per heavy atom. The second-order valence-electron chi connectivity index (χ2n) is 6.22. The molecule has 1 heterocycles. The molecule has 3 atom stereocenters. The summed E-state index contributed by atoms with van der Waals surface area (Å²) in [6.07, 6.45) is 0.0538. The van der Waals surface area contributed by atoms with Crippen molar-refractivity contribution in [2.75, 3.05) is 33.5 Å². The smallest absolute Gasteiger partial charge is 0.316 e. The van der Waals surface area contributed by atoms with Gasteiger partial charge in [0.25, 0.3) is 0 Å². The Morgan fingerprint density at radius 1 is 1.19 bits per heavy atom. The lowest BCUT2D eigenvalue weighted by molar-refractivity contribution is -0.190. The number of hydrogen-bond donors (Lipinski definition) is 2. The third-order valence-electron chi connectivity index (χ3n) is 4.17. The van der Waals surface area contributed by atoms with Crippen LogP contribution in [0.4, 0.5) is 0 Å². The van der Waals surface area contributed by atoms with Crippen molar-refractivity contribution in [3.8, 4) is 0 Å². The first-order valence-electron chi connectivity index (χ1n) is 8.91. The molecule has 0 aromatic heterocycles. The number of amides is 2. The topological polar surface area (TPSA) is 103 Å². The van der Waals surface area contributed by atoms with Crippen molar-refractivity contribution in [1.29, 1.82) is 0 Å². The van der Waals surface area contributed by atoms with Gasteiger partial charge in [0.15, 0.2) is 0 Å². The molecule has 1 saturated heterocycles. The summed E-state index contributed by atoms with van der Waals surface area (Å²) in [4.78, 5) is 36.2. The molecule has 27 heavy (non-hydrogen) atoms. The van der Waals surface area contributed by atoms with E-state index in [-0.39, 0.29) is 5.91 Å². The molecule has 148 valence electrons. The van der Waals surface area contributed by atoms with Crippen molar-refractivity contribution in [1.82, 2.24) is 10.6 Å². The maximum Gasteiger partial charge on any atom is 0.316 e. The second kappa shape index (κ2) is 10.6. The van der Waals surface area contributed by atoms with Gasteiger partial charge in [0.2, 0.25) is 11.8 Å². The van der Waals surface area contributed by atoms with E-state index in [0.29, 0.717) is 32.8 Å². The summed E-state index contributed by atoms with van der Waals surface area (Å²) < 4.78 is 15.4. The third-order valence-corrected chi connectivity index (χ3v) is 4.17. The molecular weight excluding hydrogens is 352 g/mol. The molecule has 1 aromatic rings. The van der Waals surface area contributed by atoms with Crippen LogP contribution in [0, 0.1) is 5.92 Å². The lowest BCUT2D eigenvalue weighted by Gasteiger charge is -2.39. The monoisotopic (exact) mass is 378 g/mol. The van der Waals surface area contributed by atoms with Crippen molar-refractivity contribution in [3.05, 3.63) is 35.9 Å². The molecule has 0 radical (unpaired) electrons. The van der Waals surface area contributed by atoms with Crippen molar-refractivity contribution in [2.24, 2.45) is 5.92 Å². The van der Waals surface area contributed by atoms with Crippen LogP contribution in [-0.4, -0.2) is 57.3 Å². The number of rotatable bonds is 11. The lowest BCUT2D eigenvalue weighted by Crippen LogP contribution is -2.59. The van der Waals surface area contributed by atoms with E-state index in [9.17, 15) is 14.4 Å². The van der Waals surface area contributed by atoms with Crippen molar-refractivity contribution in [2.45, 2.75) is 25.5 Å². The largest absolute Gasteiger partial charge is 0.456 e. The van der Waals surface area contributed by atoms with Crippen LogP contribution < -0.4 is 10.6 Å². The van der Waals surface area contributed by atoms with Crippen LogP contribution in [0.15, 0.2) is 30.3 Å². The van der Waals surface area contributed by atoms with Gasteiger partial charge in [-0.2, -0.15) is 0 Å². The molecule has 2 amide bonds. The number of carbonyl (C=O) groups is 3. The normalized spacial score (nSPS) is 19.6. The van der Waals surface area contributed by atoms with Gasteiger partial charge in [-0.05, 0) is 12.0 Å². The number of cyclic esters (lactones) is 1. The lowest BCUT2D eigenvalue weighted by atomic mass is 9.84. The molecule has 8 nitrogen and oxygen atoms in total. The van der Waals surface area contributed by atoms with E-state index in [4.69, 9.17) is 14.2 Å². The third kappa shape index (κ3) is 6.04. The van der Waals surface area contributed by atoms with Crippen molar-refractivity contribution < 1.29 is 28.6 Å². The minimum atomic E-state index is -0.983. The first kappa shape index (κ1) is 20.9. The molecule has 0 saturated carbocycles. The van der Waals surface area contributed by atoms with E-state index >= 15 is 0 Å². The van der Waals surface area contributed by atoms with E-state index in [0.717, 1.165) is 5.56 Å². The average Bonchev–Trinajstić information content (AvgIpc) is 2.65. The minimum absolute atomic E-state index is 0.375. The minimum Gasteiger partial charge on any atom is -0.456 e. The summed E-state index contributed by atoms with van der Waals surface area (Å²) in [5.74, 6) is -2.05. The average molecular weight is 378 g/mol. The number of esters is 1. The zero-order valence-corrected chi connectivity index (χ0v) is 15.6. The fraction of sp³-hybridized carbons (Fsp3) is 0.526. The Labute approximate surface area is 158 Å². The van der Waals surface area contributed by atoms with Gasteiger partial charge in [0, 0.05) is 27.2 Å². The van der Waals surface area contributed by atoms with Gasteiger partial charge < -0.3 is 24.8 Å². The summed E-state index contributed by atoms with van der Waals surface area (Å²) in [6.45, 7) is 3.17. The van der Waals surface area contributed by atoms with Crippen LogP contribution in [0.25, 0.3) is 0 Å². The maximum atomic E-state index is 12.6. The van der Waals surface area contributed by atoms with E-state index in [2.05, 4.69) is 10.6 Å². The quantitative estimate of drug-likeness (QED) is 0.431. The molecule has 8 heteroatoms. The highest BCUT2D eigenvalue weighted by Crippen LogP contribution is 2.39. The van der Waals surface area contributed by atoms with Gasteiger partial charge >= 0.3 is 5.97 Å². The number of carbonyl (C=O) groups excluding carboxylic acids is 3. The van der Waals surface area contributed by atoms with E-state index in [1.165, 1.54) is 6.92 Å². The fourth-order valence-corrected chi connectivity index (χ4v) is 2.83. The van der Waals surface area contributed by atoms with Crippen LogP contribution in [0.2, 0.25) is 0 Å². The fourth-order valence-electron chi connectivity index (χ4n) is 2.83. The van der Waals surface area contributed by atoms with Crippen molar-refractivity contribution >= 4 is 17.8 Å². The summed E-state index contributed by atoms with van der Waals surface area (Å²) in [5.41, 5.74) is 0.789. The molecule has 3 unspecified atom stereocenters. The van der Waals surface area contributed by atoms with Crippen LogP contribution >= 0.6 is 0 Å². The predicted molar refractivity (Wildman–Crippen MR) is 96.7 cm³/mol. The van der Waals surface area contributed by atoms with Gasteiger partial charge in [0.1, 0.15) is 18.1 Å². The highest BCUT2D eigenvalue weighted by molar-refractivity contribution is 5.93. The van der Waals surface area contributed by atoms with Gasteiger partial charge in [0.05, 0.1) is 13.2 Å². The van der Waals surface area contributed by atoms with E-state index in [1.807, 2.05) is 30.3 Å². The first-order valence-corrected chi connectivity index (χ1v) is 8.91. The SMILES string of the molecule is COCCOCCCNC(=O)C(NC(C)=O)C1C(=O)OC1c1ccccc1. The van der Waals surface area contributed by atoms with Crippen LogP contribution in [0.5, 0.6) is 0 Å². The number of ether oxygens (including phenoxy) is 3. The molecule has 1 aromatic carbocycles. The summed E-state index contributed by atoms with van der Waals surface area (Å²) in [5, 5.41) is 5.33. The van der Waals surface area contributed by atoms with E-state index in [1.54, 1.807) is 7.11 Å². The Balaban J connectivity index is 1.92. The van der Waals surface area contributed by atoms with Crippen LogP contribution in [0.3, 0.4) is 0 Å². The Morgan fingerprint density at radius 3 is 2.56 bits per heavy atom. The zero-order valence-electron chi connectivity index (χ0n) is 15.6. The summed E-state index contributed by atoms with van der Waals surface area (Å²) in [7, 11) is 1.60. The summed E-state index contributed by atoms with van der Waals surface area (Å²) in [6, 6.07) is 8.18. The summed E-state index contributed by atoms with van der Waals surface area (Å²) >= 11 is 0. The number of nitrogens with one attached hydrogen (secondary N) is 2. The van der Waals surface area contributed by atoms with E-state index < -0.39 is 29.9 Å². The number of benzene rings is 1. The second-order valence-corrected chi connectivity index (χ2v) is 6.22. The molecular formula is C19H26N2O6. The number of hydrogen-bond acceptors (Lipinski definition) is 6. The predicted octanol–water partition coefficient (Wildman–Crippen LogP) is 0.575. The molecule has 2 N–H and O–H groups in total. The Bertz CT molecular complexity index is 636. The van der Waals surface area contributed by atoms with Crippen LogP contribution in [-0.2, 0) is 28.6 Å². The molecule has 0 aliphatic carbocycles. The molecule has 0 spiro atoms. The van der Waals surface area contributed by atoms with Crippen molar-refractivity contribution in [3.63, 3.8) is 0 Å². The zero-order chi connectivity index (χ0) is 19.6. The molecule has 1 aliphatic heterocycles. The molecule has 0 bridgehead atoms. The molecule has 1 fully saturated rings. The highest BCUT2D eigenvalue weighted by atomic mass is 16.6. The standard InChI is InChI=1S/C19H26N2O6/c1-13(22)21-16(18(23)20-9-6-10-26-12-11-25-2)15-17(27-19(15)24)14-7-4-3-5-8-14/h3-5,7-8,15-17H,6,9-12H2,1-2H3,(H,20,23)(H,21,22). The van der Waals surface area contributed by atoms with Gasteiger partial charge in [-0.1, -0.05) is 30.3 Å². The van der Waals surface area contributed by atoms with Crippen LogP contribution in [0.1, 0.15) is 25.0 Å². The van der Waals surface area contributed by atoms with Gasteiger partial charge in [-0.25, -0.2) is 0 Å². The number of methoxy groups -OCH3 is 1. The molecule has 2 rings (SSSR count). The maximum absolute atomic E-state index is 12.6. The highest BCUT2D eigenvalue weighted by Gasteiger charge is 2.51. The van der Waals surface area contributed by atoms with Gasteiger partial charge in [-0.3, -0.25) is 14.4 Å².